The molecule has 0 fully saturated rings. The molecule has 0 radical (unpaired) electrons. The molecular weight excluding hydrogens is 641 g/mol. The van der Waals surface area contributed by atoms with Crippen LogP contribution in [0.4, 0.5) is 0 Å². The second kappa shape index (κ2) is 11.2. The highest BCUT2D eigenvalue weighted by Crippen LogP contribution is 2.53. The second-order valence-electron chi connectivity index (χ2n) is 15.0. The first-order valence-corrected chi connectivity index (χ1v) is 18.5. The van der Waals surface area contributed by atoms with E-state index in [4.69, 9.17) is 0 Å². The van der Waals surface area contributed by atoms with Crippen LogP contribution in [0.25, 0.3) is 88.4 Å². The number of nitrogens with zero attached hydrogens (tertiary/aromatic N) is 2. The van der Waals surface area contributed by atoms with E-state index in [-0.39, 0.29) is 5.41 Å². The van der Waals surface area contributed by atoms with Crippen LogP contribution in [0.2, 0.25) is 0 Å². The molecule has 0 aliphatic heterocycles. The Labute approximate surface area is 308 Å². The van der Waals surface area contributed by atoms with Gasteiger partial charge in [0.15, 0.2) is 0 Å². The van der Waals surface area contributed by atoms with Crippen molar-refractivity contribution in [2.45, 2.75) is 19.3 Å². The number of fused-ring (bicyclic) bond motifs is 10. The minimum atomic E-state index is -0.0687. The average Bonchev–Trinajstić information content (AvgIpc) is 3.81. The third kappa shape index (κ3) is 4.33. The first-order valence-electron chi connectivity index (χ1n) is 18.5. The lowest BCUT2D eigenvalue weighted by Crippen LogP contribution is -2.14. The minimum absolute atomic E-state index is 0.0687. The van der Waals surface area contributed by atoms with Crippen molar-refractivity contribution in [2.75, 3.05) is 0 Å². The summed E-state index contributed by atoms with van der Waals surface area (Å²) in [5.41, 5.74) is 17.6. The molecule has 250 valence electrons. The molecule has 8 aromatic carbocycles. The maximum absolute atomic E-state index is 2.49. The monoisotopic (exact) mass is 676 g/mol. The van der Waals surface area contributed by atoms with Crippen molar-refractivity contribution in [2.24, 2.45) is 0 Å². The van der Waals surface area contributed by atoms with Crippen molar-refractivity contribution >= 4 is 43.6 Å². The number of benzene rings is 8. The van der Waals surface area contributed by atoms with Crippen LogP contribution in [0.3, 0.4) is 0 Å². The Morgan fingerprint density at radius 1 is 0.358 bits per heavy atom. The lowest BCUT2D eigenvalue weighted by atomic mass is 9.82. The maximum Gasteiger partial charge on any atom is 0.0622 e. The summed E-state index contributed by atoms with van der Waals surface area (Å²) in [6.45, 7) is 4.73. The van der Waals surface area contributed by atoms with E-state index in [1.807, 2.05) is 0 Å². The number of hydrogen-bond donors (Lipinski definition) is 0. The summed E-state index contributed by atoms with van der Waals surface area (Å²) in [6, 6.07) is 67.0. The average molecular weight is 677 g/mol. The Bertz CT molecular complexity index is 3070. The quantitative estimate of drug-likeness (QED) is 0.176. The van der Waals surface area contributed by atoms with Crippen molar-refractivity contribution in [3.05, 3.63) is 193 Å². The molecule has 11 rings (SSSR count). The van der Waals surface area contributed by atoms with Gasteiger partial charge in [-0.3, -0.25) is 0 Å². The van der Waals surface area contributed by atoms with E-state index in [9.17, 15) is 0 Å². The molecule has 0 saturated carbocycles. The van der Waals surface area contributed by atoms with Gasteiger partial charge in [-0.25, -0.2) is 0 Å². The number of para-hydroxylation sites is 2. The zero-order chi connectivity index (χ0) is 35.3. The molecule has 2 nitrogen and oxygen atoms in total. The third-order valence-corrected chi connectivity index (χ3v) is 11.7. The topological polar surface area (TPSA) is 9.86 Å². The van der Waals surface area contributed by atoms with Gasteiger partial charge in [-0.15, -0.1) is 0 Å². The zero-order valence-electron chi connectivity index (χ0n) is 29.7. The molecule has 0 N–H and O–H groups in total. The number of rotatable bonds is 4. The van der Waals surface area contributed by atoms with Gasteiger partial charge >= 0.3 is 0 Å². The smallest absolute Gasteiger partial charge is 0.0622 e. The van der Waals surface area contributed by atoms with Gasteiger partial charge in [0.1, 0.15) is 0 Å². The molecule has 10 aromatic rings. The first-order chi connectivity index (χ1) is 26.1. The molecule has 0 bridgehead atoms. The zero-order valence-corrected chi connectivity index (χ0v) is 29.7. The Morgan fingerprint density at radius 2 is 0.943 bits per heavy atom. The van der Waals surface area contributed by atoms with E-state index < -0.39 is 0 Å². The summed E-state index contributed by atoms with van der Waals surface area (Å²) in [5.74, 6) is 0. The molecular formula is C51H36N2. The van der Waals surface area contributed by atoms with Crippen LogP contribution in [0, 0.1) is 0 Å². The minimum Gasteiger partial charge on any atom is -0.309 e. The molecule has 2 aromatic heterocycles. The summed E-state index contributed by atoms with van der Waals surface area (Å²) in [4.78, 5) is 0. The van der Waals surface area contributed by atoms with Gasteiger partial charge in [-0.05, 0) is 93.5 Å². The Kier molecular flexibility index (Phi) is 6.33. The molecule has 0 amide bonds. The fourth-order valence-corrected chi connectivity index (χ4v) is 9.20. The molecule has 0 atom stereocenters. The van der Waals surface area contributed by atoms with Gasteiger partial charge in [0.25, 0.3) is 0 Å². The van der Waals surface area contributed by atoms with E-state index in [0.717, 1.165) is 5.69 Å². The molecule has 53 heavy (non-hydrogen) atoms. The molecule has 1 aliphatic carbocycles. The molecule has 1 aliphatic rings. The maximum atomic E-state index is 2.49. The van der Waals surface area contributed by atoms with Gasteiger partial charge in [-0.1, -0.05) is 141 Å². The van der Waals surface area contributed by atoms with Crippen LogP contribution in [0.15, 0.2) is 182 Å². The summed E-state index contributed by atoms with van der Waals surface area (Å²) in [7, 11) is 0. The van der Waals surface area contributed by atoms with Gasteiger partial charge < -0.3 is 9.13 Å². The molecule has 2 heterocycles. The predicted molar refractivity (Wildman–Crippen MR) is 224 cm³/mol. The van der Waals surface area contributed by atoms with E-state index in [2.05, 4.69) is 205 Å². The summed E-state index contributed by atoms with van der Waals surface area (Å²) < 4.78 is 4.91. The van der Waals surface area contributed by atoms with E-state index in [1.54, 1.807) is 0 Å². The van der Waals surface area contributed by atoms with Gasteiger partial charge in [-0.2, -0.15) is 0 Å². The second-order valence-corrected chi connectivity index (χ2v) is 15.0. The van der Waals surface area contributed by atoms with Crippen LogP contribution in [0.1, 0.15) is 25.0 Å². The standard InChI is InChI=1S/C51H36N2/c1-51(2)44-22-11-9-21-41(44)49-45(51)27-26-40-43-32-36(25-29-48(43)53(50(40)49)37-17-7-4-8-18-37)35-24-28-47-42(31-35)39-20-10-12-23-46(39)52(47)38-19-13-16-34(30-38)33-14-5-3-6-15-33/h3-32H,1-2H3. The van der Waals surface area contributed by atoms with Gasteiger partial charge in [0, 0.05) is 43.9 Å². The Balaban J connectivity index is 1.13. The highest BCUT2D eigenvalue weighted by atomic mass is 15.0. The lowest BCUT2D eigenvalue weighted by Gasteiger charge is -2.21. The van der Waals surface area contributed by atoms with E-state index >= 15 is 0 Å². The third-order valence-electron chi connectivity index (χ3n) is 11.7. The number of hydrogen-bond acceptors (Lipinski definition) is 0. The van der Waals surface area contributed by atoms with Crippen LogP contribution >= 0.6 is 0 Å². The number of aromatic nitrogens is 2. The highest BCUT2D eigenvalue weighted by Gasteiger charge is 2.37. The normalized spacial score (nSPS) is 13.2. The molecule has 0 saturated heterocycles. The van der Waals surface area contributed by atoms with Gasteiger partial charge in [0.05, 0.1) is 22.1 Å². The van der Waals surface area contributed by atoms with Crippen molar-refractivity contribution in [3.8, 4) is 44.8 Å². The highest BCUT2D eigenvalue weighted by molar-refractivity contribution is 6.17. The predicted octanol–water partition coefficient (Wildman–Crippen LogP) is 13.5. The van der Waals surface area contributed by atoms with Crippen molar-refractivity contribution in [1.29, 1.82) is 0 Å². The van der Waals surface area contributed by atoms with Crippen LogP contribution in [-0.2, 0) is 5.41 Å². The van der Waals surface area contributed by atoms with E-state index in [1.165, 1.54) is 93.8 Å². The SMILES string of the molecule is CC1(C)c2ccccc2-c2c1ccc1c3cc(-c4ccc5c(c4)c4ccccc4n5-c4cccc(-c5ccccc5)c4)ccc3n(-c3ccccc3)c21. The largest absolute Gasteiger partial charge is 0.309 e. The van der Waals surface area contributed by atoms with Crippen molar-refractivity contribution < 1.29 is 0 Å². The van der Waals surface area contributed by atoms with Crippen molar-refractivity contribution in [1.82, 2.24) is 9.13 Å². The molecule has 0 unspecified atom stereocenters. The fraction of sp³-hybridized carbons (Fsp3) is 0.0588. The fourth-order valence-electron chi connectivity index (χ4n) is 9.20. The molecule has 0 spiro atoms. The summed E-state index contributed by atoms with van der Waals surface area (Å²) >= 11 is 0. The van der Waals surface area contributed by atoms with Crippen LogP contribution < -0.4 is 0 Å². The Hall–Kier alpha value is -6.64. The lowest BCUT2D eigenvalue weighted by molar-refractivity contribution is 0.661. The first kappa shape index (κ1) is 30.0. The Morgan fingerprint density at radius 3 is 1.74 bits per heavy atom. The summed E-state index contributed by atoms with van der Waals surface area (Å²) in [5, 5.41) is 5.07. The van der Waals surface area contributed by atoms with E-state index in [0.29, 0.717) is 0 Å². The van der Waals surface area contributed by atoms with Crippen LogP contribution in [-0.4, -0.2) is 9.13 Å². The van der Waals surface area contributed by atoms with Crippen LogP contribution in [0.5, 0.6) is 0 Å². The van der Waals surface area contributed by atoms with Gasteiger partial charge in [0.2, 0.25) is 0 Å². The molecule has 2 heteroatoms. The summed E-state index contributed by atoms with van der Waals surface area (Å²) in [6.07, 6.45) is 0. The van der Waals surface area contributed by atoms with Crippen molar-refractivity contribution in [3.63, 3.8) is 0 Å².